The molecule has 124 valence electrons. The van der Waals surface area contributed by atoms with Crippen molar-refractivity contribution in [2.24, 2.45) is 0 Å². The lowest BCUT2D eigenvalue weighted by Crippen LogP contribution is -2.32. The van der Waals surface area contributed by atoms with Crippen LogP contribution in [0.4, 0.5) is 0 Å². The zero-order valence-corrected chi connectivity index (χ0v) is 13.1. The van der Waals surface area contributed by atoms with Gasteiger partial charge in [0.25, 0.3) is 11.8 Å². The van der Waals surface area contributed by atoms with Gasteiger partial charge in [0.15, 0.2) is 0 Å². The fourth-order valence-corrected chi connectivity index (χ4v) is 2.87. The van der Waals surface area contributed by atoms with Crippen LogP contribution in [0.2, 0.25) is 0 Å². The first-order valence-electron chi connectivity index (χ1n) is 7.46. The second-order valence-electron chi connectivity index (χ2n) is 5.41. The van der Waals surface area contributed by atoms with Crippen LogP contribution in [0.3, 0.4) is 0 Å². The lowest BCUT2D eigenvalue weighted by Gasteiger charge is -2.14. The maximum atomic E-state index is 12.7. The van der Waals surface area contributed by atoms with Crippen molar-refractivity contribution in [3.8, 4) is 5.75 Å². The molecule has 1 aliphatic rings. The van der Waals surface area contributed by atoms with E-state index in [4.69, 9.17) is 9.57 Å². The van der Waals surface area contributed by atoms with Crippen LogP contribution in [0.1, 0.15) is 31.1 Å². The number of nitrogens with zero attached hydrogens (tertiary/aromatic N) is 1. The second kappa shape index (κ2) is 5.48. The zero-order valence-electron chi connectivity index (χ0n) is 13.1. The van der Waals surface area contributed by atoms with Gasteiger partial charge in [0.2, 0.25) is 0 Å². The van der Waals surface area contributed by atoms with Crippen molar-refractivity contribution >= 4 is 28.7 Å². The van der Waals surface area contributed by atoms with Gasteiger partial charge in [-0.1, -0.05) is 17.2 Å². The van der Waals surface area contributed by atoms with Gasteiger partial charge in [-0.3, -0.25) is 9.59 Å². The quantitative estimate of drug-likeness (QED) is 0.743. The number of nitrogens with one attached hydrogen (secondary N) is 1. The third-order valence-corrected chi connectivity index (χ3v) is 4.05. The first kappa shape index (κ1) is 14.9. The first-order chi connectivity index (χ1) is 12.1. The molecule has 1 N–H and O–H groups in total. The number of hydrogen-bond donors (Lipinski definition) is 1. The smallest absolute Gasteiger partial charge is 0.368 e. The van der Waals surface area contributed by atoms with Crippen LogP contribution in [-0.4, -0.2) is 34.9 Å². The number of hydroxylamine groups is 2. The van der Waals surface area contributed by atoms with Gasteiger partial charge < -0.3 is 14.6 Å². The molecule has 0 atom stereocenters. The Morgan fingerprint density at radius 2 is 1.68 bits per heavy atom. The van der Waals surface area contributed by atoms with Crippen LogP contribution in [0.5, 0.6) is 5.75 Å². The standard InChI is InChI=1S/C18H12N2O5/c1-24-14-7-6-13-12(8-9-19-13)15(14)18(23)25-20-16(21)10-4-2-3-5-11(10)17(20)22/h2-9,19H,1H3. The summed E-state index contributed by atoms with van der Waals surface area (Å²) in [5, 5.41) is 1.05. The van der Waals surface area contributed by atoms with Crippen molar-refractivity contribution in [3.05, 3.63) is 65.4 Å². The molecule has 1 aliphatic heterocycles. The first-order valence-corrected chi connectivity index (χ1v) is 7.46. The Kier molecular flexibility index (Phi) is 3.28. The highest BCUT2D eigenvalue weighted by atomic mass is 16.7. The van der Waals surface area contributed by atoms with Crippen LogP contribution in [-0.2, 0) is 4.84 Å². The summed E-state index contributed by atoms with van der Waals surface area (Å²) in [7, 11) is 1.42. The molecule has 0 saturated heterocycles. The molecular weight excluding hydrogens is 324 g/mol. The van der Waals surface area contributed by atoms with Gasteiger partial charge in [-0.25, -0.2) is 4.79 Å². The Balaban J connectivity index is 1.71. The van der Waals surface area contributed by atoms with E-state index in [9.17, 15) is 14.4 Å². The third-order valence-electron chi connectivity index (χ3n) is 4.05. The lowest BCUT2D eigenvalue weighted by molar-refractivity contribution is -0.0584. The predicted molar refractivity (Wildman–Crippen MR) is 87.2 cm³/mol. The van der Waals surface area contributed by atoms with Gasteiger partial charge in [0.05, 0.1) is 18.2 Å². The van der Waals surface area contributed by atoms with Crippen molar-refractivity contribution < 1.29 is 24.0 Å². The maximum Gasteiger partial charge on any atom is 0.368 e. The number of benzene rings is 2. The summed E-state index contributed by atoms with van der Waals surface area (Å²) in [5.74, 6) is -1.91. The Hall–Kier alpha value is -3.61. The number of amides is 2. The number of methoxy groups -OCH3 is 1. The van der Waals surface area contributed by atoms with Crippen LogP contribution in [0.15, 0.2) is 48.7 Å². The molecule has 0 bridgehead atoms. The predicted octanol–water partition coefficient (Wildman–Crippen LogP) is 2.54. The number of hydrogen-bond acceptors (Lipinski definition) is 5. The molecule has 4 rings (SSSR count). The number of carbonyl (C=O) groups is 3. The van der Waals surface area contributed by atoms with E-state index >= 15 is 0 Å². The van der Waals surface area contributed by atoms with E-state index in [0.717, 1.165) is 0 Å². The van der Waals surface area contributed by atoms with E-state index in [-0.39, 0.29) is 22.4 Å². The molecule has 0 fully saturated rings. The van der Waals surface area contributed by atoms with Crippen molar-refractivity contribution in [2.75, 3.05) is 7.11 Å². The minimum Gasteiger partial charge on any atom is -0.496 e. The summed E-state index contributed by atoms with van der Waals surface area (Å²) in [6.07, 6.45) is 1.67. The highest BCUT2D eigenvalue weighted by molar-refractivity contribution is 6.21. The van der Waals surface area contributed by atoms with Gasteiger partial charge >= 0.3 is 5.97 Å². The van der Waals surface area contributed by atoms with Crippen molar-refractivity contribution in [3.63, 3.8) is 0 Å². The number of carbonyl (C=O) groups excluding carboxylic acids is 3. The van der Waals surface area contributed by atoms with E-state index in [1.165, 1.54) is 19.2 Å². The molecule has 0 aliphatic carbocycles. The van der Waals surface area contributed by atoms with Crippen molar-refractivity contribution in [2.45, 2.75) is 0 Å². The molecule has 1 aromatic heterocycles. The molecule has 7 heteroatoms. The summed E-state index contributed by atoms with van der Waals surface area (Å²) in [6, 6.07) is 11.4. The van der Waals surface area contributed by atoms with Crippen molar-refractivity contribution in [1.82, 2.24) is 10.0 Å². The number of fused-ring (bicyclic) bond motifs is 2. The molecule has 2 amide bonds. The summed E-state index contributed by atoms with van der Waals surface area (Å²) < 4.78 is 5.22. The Labute approximate surface area is 141 Å². The molecule has 7 nitrogen and oxygen atoms in total. The average Bonchev–Trinajstić information content (AvgIpc) is 3.20. The minimum absolute atomic E-state index is 0.137. The molecule has 0 saturated carbocycles. The fraction of sp³-hybridized carbons (Fsp3) is 0.0556. The highest BCUT2D eigenvalue weighted by Crippen LogP contribution is 2.30. The van der Waals surface area contributed by atoms with Gasteiger partial charge in [0, 0.05) is 17.1 Å². The minimum atomic E-state index is -0.850. The van der Waals surface area contributed by atoms with Gasteiger partial charge in [0.1, 0.15) is 11.3 Å². The summed E-state index contributed by atoms with van der Waals surface area (Å²) in [6.45, 7) is 0. The topological polar surface area (TPSA) is 88.7 Å². The molecule has 0 unspecified atom stereocenters. The average molecular weight is 336 g/mol. The monoisotopic (exact) mass is 336 g/mol. The summed E-state index contributed by atoms with van der Waals surface area (Å²) in [5.41, 5.74) is 1.24. The lowest BCUT2D eigenvalue weighted by atomic mass is 10.1. The molecule has 3 aromatic rings. The number of rotatable bonds is 3. The van der Waals surface area contributed by atoms with Crippen LogP contribution >= 0.6 is 0 Å². The number of aromatic amines is 1. The Bertz CT molecular complexity index is 1000. The molecular formula is C18H12N2O5. The van der Waals surface area contributed by atoms with E-state index in [1.54, 1.807) is 36.5 Å². The Morgan fingerprint density at radius 1 is 1.00 bits per heavy atom. The SMILES string of the molecule is COc1ccc2[nH]ccc2c1C(=O)ON1C(=O)c2ccccc2C1=O. The van der Waals surface area contributed by atoms with E-state index in [2.05, 4.69) is 4.98 Å². The molecule has 0 radical (unpaired) electrons. The van der Waals surface area contributed by atoms with E-state index < -0.39 is 17.8 Å². The third kappa shape index (κ3) is 2.17. The highest BCUT2D eigenvalue weighted by Gasteiger charge is 2.39. The zero-order chi connectivity index (χ0) is 17.6. The van der Waals surface area contributed by atoms with E-state index in [1.807, 2.05) is 0 Å². The molecule has 2 aromatic carbocycles. The van der Waals surface area contributed by atoms with Gasteiger partial charge in [-0.15, -0.1) is 0 Å². The number of ether oxygens (including phenoxy) is 1. The van der Waals surface area contributed by atoms with Gasteiger partial charge in [-0.05, 0) is 30.3 Å². The number of imide groups is 1. The molecule has 0 spiro atoms. The molecule has 2 heterocycles. The summed E-state index contributed by atoms with van der Waals surface area (Å²) >= 11 is 0. The van der Waals surface area contributed by atoms with E-state index in [0.29, 0.717) is 16.0 Å². The maximum absolute atomic E-state index is 12.7. The fourth-order valence-electron chi connectivity index (χ4n) is 2.87. The van der Waals surface area contributed by atoms with Crippen LogP contribution in [0, 0.1) is 0 Å². The van der Waals surface area contributed by atoms with Gasteiger partial charge in [-0.2, -0.15) is 0 Å². The van der Waals surface area contributed by atoms with Crippen molar-refractivity contribution in [1.29, 1.82) is 0 Å². The normalized spacial score (nSPS) is 13.2. The molecule has 25 heavy (non-hydrogen) atoms. The summed E-state index contributed by atoms with van der Waals surface area (Å²) in [4.78, 5) is 45.4. The number of aromatic nitrogens is 1. The number of H-pyrrole nitrogens is 1. The largest absolute Gasteiger partial charge is 0.496 e. The van der Waals surface area contributed by atoms with Crippen LogP contribution < -0.4 is 4.74 Å². The Morgan fingerprint density at radius 3 is 2.32 bits per heavy atom. The second-order valence-corrected chi connectivity index (χ2v) is 5.41. The van der Waals surface area contributed by atoms with Crippen LogP contribution in [0.25, 0.3) is 10.9 Å².